The topological polar surface area (TPSA) is 52.6 Å². The van der Waals surface area contributed by atoms with E-state index >= 15 is 0 Å². The second-order valence-corrected chi connectivity index (χ2v) is 9.63. The Morgan fingerprint density at radius 1 is 0.929 bits per heavy atom. The monoisotopic (exact) mass is 444 g/mol. The van der Waals surface area contributed by atoms with Crippen LogP contribution in [0.5, 0.6) is 11.5 Å². The summed E-state index contributed by atoms with van der Waals surface area (Å²) >= 11 is 12.0. The van der Waals surface area contributed by atoms with Crippen LogP contribution in [0, 0.1) is 11.8 Å². The van der Waals surface area contributed by atoms with Crippen molar-refractivity contribution in [3.8, 4) is 11.5 Å². The van der Waals surface area contributed by atoms with Crippen LogP contribution in [0.15, 0.2) is 52.3 Å². The van der Waals surface area contributed by atoms with E-state index in [0.717, 1.165) is 6.42 Å². The summed E-state index contributed by atoms with van der Waals surface area (Å²) in [4.78, 5) is 0.299. The maximum absolute atomic E-state index is 12.9. The zero-order chi connectivity index (χ0) is 20.7. The lowest BCUT2D eigenvalue weighted by Gasteiger charge is -2.13. The van der Waals surface area contributed by atoms with E-state index < -0.39 is 9.84 Å². The summed E-state index contributed by atoms with van der Waals surface area (Å²) in [5, 5.41) is 0.247. The molecular weight excluding hydrogens is 419 g/mol. The van der Waals surface area contributed by atoms with Crippen LogP contribution in [0.3, 0.4) is 0 Å². The van der Waals surface area contributed by atoms with Gasteiger partial charge in [0, 0.05) is 11.8 Å². The van der Waals surface area contributed by atoms with Crippen LogP contribution in [-0.4, -0.2) is 27.5 Å². The van der Waals surface area contributed by atoms with Gasteiger partial charge in [0.15, 0.2) is 0 Å². The number of alkyl halides is 1. The van der Waals surface area contributed by atoms with E-state index in [-0.39, 0.29) is 20.7 Å². The third kappa shape index (κ3) is 6.03. The quantitative estimate of drug-likeness (QED) is 0.431. The number of hydrogen-bond acceptors (Lipinski definition) is 4. The highest BCUT2D eigenvalue weighted by Crippen LogP contribution is 2.31. The third-order valence-electron chi connectivity index (χ3n) is 4.37. The van der Waals surface area contributed by atoms with Crippen molar-refractivity contribution in [3.05, 3.63) is 47.5 Å². The van der Waals surface area contributed by atoms with Crippen molar-refractivity contribution < 1.29 is 17.9 Å². The van der Waals surface area contributed by atoms with Gasteiger partial charge in [-0.3, -0.25) is 0 Å². The number of ether oxygens (including phenoxy) is 2. The van der Waals surface area contributed by atoms with Crippen LogP contribution in [0.1, 0.15) is 27.2 Å². The van der Waals surface area contributed by atoms with E-state index in [1.165, 1.54) is 12.1 Å². The summed E-state index contributed by atoms with van der Waals surface area (Å²) in [5.41, 5.74) is 0. The highest BCUT2D eigenvalue weighted by molar-refractivity contribution is 7.91. The van der Waals surface area contributed by atoms with Crippen LogP contribution in [0.2, 0.25) is 5.02 Å². The van der Waals surface area contributed by atoms with Crippen LogP contribution in [0.25, 0.3) is 0 Å². The van der Waals surface area contributed by atoms with Gasteiger partial charge in [0.25, 0.3) is 0 Å². The molecule has 154 valence electrons. The Balaban J connectivity index is 2.14. The van der Waals surface area contributed by atoms with Gasteiger partial charge in [-0.15, -0.1) is 11.6 Å². The average molecular weight is 445 g/mol. The molecule has 4 nitrogen and oxygen atoms in total. The number of rotatable bonds is 10. The van der Waals surface area contributed by atoms with Crippen LogP contribution in [0.4, 0.5) is 0 Å². The molecule has 0 aliphatic rings. The predicted octanol–water partition coefficient (Wildman–Crippen LogP) is 5.85. The number of hydrogen-bond donors (Lipinski definition) is 0. The molecule has 0 fully saturated rings. The standard InChI is InChI=1S/C21H26Cl2O4S/c1-4-15(2)13-26-17-5-7-18(8-6-17)28(24,25)19-9-10-21(20(23)11-19)27-14-16(3)12-22/h5-11,15-16H,4,12-14H2,1-3H3/t15-,16-/m1/s1. The lowest BCUT2D eigenvalue weighted by molar-refractivity contribution is 0.256. The van der Waals surface area contributed by atoms with Crippen molar-refractivity contribution in [2.75, 3.05) is 19.1 Å². The summed E-state index contributed by atoms with van der Waals surface area (Å²) in [5.74, 6) is 2.17. The number of sulfone groups is 1. The van der Waals surface area contributed by atoms with E-state index in [4.69, 9.17) is 32.7 Å². The molecule has 0 aliphatic heterocycles. The van der Waals surface area contributed by atoms with Crippen molar-refractivity contribution in [3.63, 3.8) is 0 Å². The molecule has 2 aromatic carbocycles. The Morgan fingerprint density at radius 2 is 1.54 bits per heavy atom. The van der Waals surface area contributed by atoms with Crippen molar-refractivity contribution in [1.29, 1.82) is 0 Å². The Morgan fingerprint density at radius 3 is 2.11 bits per heavy atom. The molecule has 0 aromatic heterocycles. The molecule has 0 heterocycles. The van der Waals surface area contributed by atoms with Crippen LogP contribution >= 0.6 is 23.2 Å². The zero-order valence-corrected chi connectivity index (χ0v) is 18.7. The van der Waals surface area contributed by atoms with E-state index in [9.17, 15) is 8.42 Å². The molecule has 0 aliphatic carbocycles. The fraction of sp³-hybridized carbons (Fsp3) is 0.429. The SMILES string of the molecule is CC[C@@H](C)COc1ccc(S(=O)(=O)c2ccc(OC[C@H](C)CCl)c(Cl)c2)cc1. The third-order valence-corrected chi connectivity index (χ3v) is 6.96. The van der Waals surface area contributed by atoms with Gasteiger partial charge < -0.3 is 9.47 Å². The van der Waals surface area contributed by atoms with Gasteiger partial charge in [-0.1, -0.05) is 38.8 Å². The Kier molecular flexibility index (Phi) is 8.47. The number of benzene rings is 2. The first kappa shape index (κ1) is 22.9. The van der Waals surface area contributed by atoms with Crippen molar-refractivity contribution in [2.45, 2.75) is 37.0 Å². The molecular formula is C21H26Cl2O4S. The van der Waals surface area contributed by atoms with Gasteiger partial charge in [0.2, 0.25) is 9.84 Å². The Bertz CT molecular complexity index is 866. The van der Waals surface area contributed by atoms with Gasteiger partial charge in [-0.25, -0.2) is 8.42 Å². The van der Waals surface area contributed by atoms with Crippen molar-refractivity contribution in [1.82, 2.24) is 0 Å². The minimum absolute atomic E-state index is 0.114. The molecule has 0 saturated carbocycles. The largest absolute Gasteiger partial charge is 0.493 e. The van der Waals surface area contributed by atoms with Gasteiger partial charge in [0.05, 0.1) is 28.0 Å². The summed E-state index contributed by atoms with van der Waals surface area (Å²) in [6, 6.07) is 10.9. The maximum Gasteiger partial charge on any atom is 0.206 e. The first-order valence-electron chi connectivity index (χ1n) is 9.24. The first-order valence-corrected chi connectivity index (χ1v) is 11.6. The molecule has 28 heavy (non-hydrogen) atoms. The normalized spacial score (nSPS) is 13.8. The molecule has 0 spiro atoms. The summed E-state index contributed by atoms with van der Waals surface area (Å²) in [6.07, 6.45) is 1.03. The highest BCUT2D eigenvalue weighted by Gasteiger charge is 2.19. The smallest absolute Gasteiger partial charge is 0.206 e. The molecule has 2 rings (SSSR count). The minimum Gasteiger partial charge on any atom is -0.493 e. The summed E-state index contributed by atoms with van der Waals surface area (Å²) in [6.45, 7) is 7.17. The van der Waals surface area contributed by atoms with Gasteiger partial charge in [-0.05, 0) is 48.4 Å². The molecule has 0 saturated heterocycles. The van der Waals surface area contributed by atoms with E-state index in [0.29, 0.717) is 36.5 Å². The fourth-order valence-electron chi connectivity index (χ4n) is 2.25. The van der Waals surface area contributed by atoms with Crippen LogP contribution < -0.4 is 9.47 Å². The molecule has 7 heteroatoms. The molecule has 0 amide bonds. The molecule has 0 unspecified atom stereocenters. The predicted molar refractivity (Wildman–Crippen MR) is 114 cm³/mol. The maximum atomic E-state index is 12.9. The van der Waals surface area contributed by atoms with Crippen molar-refractivity contribution >= 4 is 33.0 Å². The second kappa shape index (κ2) is 10.4. The van der Waals surface area contributed by atoms with Crippen molar-refractivity contribution in [2.24, 2.45) is 11.8 Å². The van der Waals surface area contributed by atoms with E-state index in [1.54, 1.807) is 30.3 Å². The molecule has 0 bridgehead atoms. The highest BCUT2D eigenvalue weighted by atomic mass is 35.5. The van der Waals surface area contributed by atoms with Crippen LogP contribution in [-0.2, 0) is 9.84 Å². The average Bonchev–Trinajstić information content (AvgIpc) is 2.70. The zero-order valence-electron chi connectivity index (χ0n) is 16.3. The molecule has 0 N–H and O–H groups in total. The van der Waals surface area contributed by atoms with Gasteiger partial charge in [-0.2, -0.15) is 0 Å². The van der Waals surface area contributed by atoms with E-state index in [2.05, 4.69) is 13.8 Å². The number of halogens is 2. The fourth-order valence-corrected chi connectivity index (χ4v) is 3.93. The summed E-state index contributed by atoms with van der Waals surface area (Å²) < 4.78 is 37.0. The second-order valence-electron chi connectivity index (χ2n) is 6.96. The van der Waals surface area contributed by atoms with Gasteiger partial charge >= 0.3 is 0 Å². The molecule has 2 aromatic rings. The van der Waals surface area contributed by atoms with E-state index in [1.807, 2.05) is 6.92 Å². The molecule has 2 atom stereocenters. The Hall–Kier alpha value is -1.43. The first-order chi connectivity index (χ1) is 13.3. The lowest BCUT2D eigenvalue weighted by atomic mass is 10.1. The minimum atomic E-state index is -3.68. The lowest BCUT2D eigenvalue weighted by Crippen LogP contribution is -2.10. The Labute approximate surface area is 177 Å². The summed E-state index contributed by atoms with van der Waals surface area (Å²) in [7, 11) is -3.68. The van der Waals surface area contributed by atoms with Gasteiger partial charge in [0.1, 0.15) is 11.5 Å². The molecule has 0 radical (unpaired) electrons.